The monoisotopic (exact) mass is 290 g/mol. The molecule has 1 saturated heterocycles. The molecule has 0 bridgehead atoms. The number of fused-ring (bicyclic) bond motifs is 1. The number of halogens is 1. The number of nitrogens with zero attached hydrogens (tertiary/aromatic N) is 2. The zero-order chi connectivity index (χ0) is 14.6. The number of rotatable bonds is 3. The maximum absolute atomic E-state index is 13.4. The minimum absolute atomic E-state index is 0.315. The van der Waals surface area contributed by atoms with E-state index in [2.05, 4.69) is 9.55 Å². The molecule has 0 spiro atoms. The van der Waals surface area contributed by atoms with Gasteiger partial charge < -0.3 is 14.4 Å². The zero-order valence-electron chi connectivity index (χ0n) is 11.3. The van der Waals surface area contributed by atoms with E-state index in [1.165, 1.54) is 12.1 Å². The van der Waals surface area contributed by atoms with E-state index in [0.717, 1.165) is 24.2 Å². The highest BCUT2D eigenvalue weighted by atomic mass is 19.1. The minimum atomic E-state index is -0.933. The number of hydrogen-bond donors (Lipinski definition) is 1. The second-order valence-corrected chi connectivity index (χ2v) is 5.73. The van der Waals surface area contributed by atoms with Gasteiger partial charge in [0.1, 0.15) is 17.7 Å². The fraction of sp³-hybridized carbons (Fsp3) is 0.467. The summed E-state index contributed by atoms with van der Waals surface area (Å²) in [5, 5.41) is 9.04. The average Bonchev–Trinajstić information content (AvgIpc) is 3.02. The Labute approximate surface area is 120 Å². The highest BCUT2D eigenvalue weighted by molar-refractivity contribution is 5.77. The first-order valence-electron chi connectivity index (χ1n) is 7.19. The van der Waals surface area contributed by atoms with Gasteiger partial charge in [0, 0.05) is 12.1 Å². The van der Waals surface area contributed by atoms with Crippen LogP contribution in [-0.2, 0) is 9.53 Å². The van der Waals surface area contributed by atoms with Crippen LogP contribution in [0.25, 0.3) is 11.0 Å². The summed E-state index contributed by atoms with van der Waals surface area (Å²) in [5.74, 6) is -0.510. The van der Waals surface area contributed by atoms with Gasteiger partial charge in [-0.15, -0.1) is 0 Å². The molecule has 2 aliphatic rings. The molecule has 5 nitrogen and oxygen atoms in total. The molecule has 21 heavy (non-hydrogen) atoms. The fourth-order valence-electron chi connectivity index (χ4n) is 3.04. The largest absolute Gasteiger partial charge is 0.479 e. The Morgan fingerprint density at radius 1 is 1.33 bits per heavy atom. The average molecular weight is 290 g/mol. The normalized spacial score (nSPS) is 25.6. The first kappa shape index (κ1) is 12.8. The molecule has 0 amide bonds. The number of aromatic nitrogens is 2. The number of carboxylic acids is 1. The maximum Gasteiger partial charge on any atom is 0.332 e. The van der Waals surface area contributed by atoms with Gasteiger partial charge in [-0.3, -0.25) is 0 Å². The third-order valence-electron chi connectivity index (χ3n) is 4.17. The first-order chi connectivity index (χ1) is 10.1. The molecule has 1 aromatic heterocycles. The van der Waals surface area contributed by atoms with Crippen LogP contribution in [0.15, 0.2) is 18.2 Å². The van der Waals surface area contributed by atoms with Crippen molar-refractivity contribution in [2.75, 3.05) is 0 Å². The van der Waals surface area contributed by atoms with Gasteiger partial charge in [-0.25, -0.2) is 14.2 Å². The number of imidazole rings is 1. The van der Waals surface area contributed by atoms with E-state index in [1.54, 1.807) is 6.07 Å². The highest BCUT2D eigenvalue weighted by Gasteiger charge is 2.37. The second kappa shape index (κ2) is 4.53. The van der Waals surface area contributed by atoms with Crippen molar-refractivity contribution in [2.24, 2.45) is 0 Å². The Morgan fingerprint density at radius 3 is 2.81 bits per heavy atom. The molecule has 6 heteroatoms. The summed E-state index contributed by atoms with van der Waals surface area (Å²) in [6, 6.07) is 4.97. The Morgan fingerprint density at radius 2 is 2.14 bits per heavy atom. The van der Waals surface area contributed by atoms with Gasteiger partial charge >= 0.3 is 5.97 Å². The zero-order valence-corrected chi connectivity index (χ0v) is 11.3. The molecule has 2 heterocycles. The van der Waals surface area contributed by atoms with Crippen LogP contribution < -0.4 is 0 Å². The van der Waals surface area contributed by atoms with Crippen molar-refractivity contribution in [3.05, 3.63) is 29.8 Å². The molecule has 2 atom stereocenters. The first-order valence-corrected chi connectivity index (χ1v) is 7.19. The summed E-state index contributed by atoms with van der Waals surface area (Å²) in [4.78, 5) is 15.5. The molecule has 2 fully saturated rings. The van der Waals surface area contributed by atoms with Gasteiger partial charge in [0.2, 0.25) is 0 Å². The molecular weight excluding hydrogens is 275 g/mol. The summed E-state index contributed by atoms with van der Waals surface area (Å²) in [6.07, 6.45) is 2.19. The van der Waals surface area contributed by atoms with Gasteiger partial charge in [-0.05, 0) is 37.8 Å². The molecule has 1 aliphatic carbocycles. The van der Waals surface area contributed by atoms with Crippen LogP contribution in [0.4, 0.5) is 4.39 Å². The Bertz CT molecular complexity index is 723. The number of aliphatic carboxylic acids is 1. The number of hydrogen-bond acceptors (Lipinski definition) is 3. The summed E-state index contributed by atoms with van der Waals surface area (Å²) >= 11 is 0. The van der Waals surface area contributed by atoms with Crippen molar-refractivity contribution in [2.45, 2.75) is 43.9 Å². The lowest BCUT2D eigenvalue weighted by molar-refractivity contribution is -0.149. The molecule has 1 N–H and O–H groups in total. The lowest BCUT2D eigenvalue weighted by atomic mass is 10.2. The van der Waals surface area contributed by atoms with Crippen LogP contribution in [0, 0.1) is 5.82 Å². The Hall–Kier alpha value is -1.95. The van der Waals surface area contributed by atoms with E-state index >= 15 is 0 Å². The number of benzene rings is 1. The van der Waals surface area contributed by atoms with Crippen LogP contribution in [0.5, 0.6) is 0 Å². The van der Waals surface area contributed by atoms with E-state index in [1.807, 2.05) is 0 Å². The SMILES string of the molecule is O=C(O)C1CCC(c2nc3cc(F)ccc3n2C2CC2)O1. The highest BCUT2D eigenvalue weighted by Crippen LogP contribution is 2.42. The molecule has 1 saturated carbocycles. The number of carbonyl (C=O) groups is 1. The predicted octanol–water partition coefficient (Wildman–Crippen LogP) is 2.82. The summed E-state index contributed by atoms with van der Waals surface area (Å²) in [5.41, 5.74) is 1.51. The van der Waals surface area contributed by atoms with E-state index in [-0.39, 0.29) is 11.9 Å². The van der Waals surface area contributed by atoms with E-state index in [4.69, 9.17) is 9.84 Å². The van der Waals surface area contributed by atoms with Crippen molar-refractivity contribution >= 4 is 17.0 Å². The van der Waals surface area contributed by atoms with Crippen molar-refractivity contribution in [1.82, 2.24) is 9.55 Å². The molecule has 0 radical (unpaired) electrons. The van der Waals surface area contributed by atoms with E-state index in [0.29, 0.717) is 24.4 Å². The van der Waals surface area contributed by atoms with E-state index < -0.39 is 12.1 Å². The van der Waals surface area contributed by atoms with Gasteiger partial charge in [0.25, 0.3) is 0 Å². The molecule has 110 valence electrons. The summed E-state index contributed by atoms with van der Waals surface area (Å²) in [6.45, 7) is 0. The van der Waals surface area contributed by atoms with Gasteiger partial charge in [0.15, 0.2) is 6.10 Å². The molecule has 1 aliphatic heterocycles. The van der Waals surface area contributed by atoms with Crippen molar-refractivity contribution < 1.29 is 19.0 Å². The molecule has 1 aromatic carbocycles. The second-order valence-electron chi connectivity index (χ2n) is 5.73. The topological polar surface area (TPSA) is 64.3 Å². The lowest BCUT2D eigenvalue weighted by Crippen LogP contribution is -2.19. The third kappa shape index (κ3) is 2.10. The van der Waals surface area contributed by atoms with Crippen LogP contribution in [-0.4, -0.2) is 26.7 Å². The lowest BCUT2D eigenvalue weighted by Gasteiger charge is -2.13. The van der Waals surface area contributed by atoms with Crippen LogP contribution in [0.3, 0.4) is 0 Å². The number of carboxylic acid groups (broad SMARTS) is 1. The molecule has 4 rings (SSSR count). The van der Waals surface area contributed by atoms with Crippen LogP contribution >= 0.6 is 0 Å². The standard InChI is InChI=1S/C15H15FN2O3/c16-8-1-4-11-10(7-8)17-14(18(11)9-2-3-9)12-5-6-13(21-12)15(19)20/h1,4,7,9,12-13H,2-3,5-6H2,(H,19,20). The van der Waals surface area contributed by atoms with Gasteiger partial charge in [-0.2, -0.15) is 0 Å². The quantitative estimate of drug-likeness (QED) is 0.944. The summed E-state index contributed by atoms with van der Waals surface area (Å²) in [7, 11) is 0. The Balaban J connectivity index is 1.77. The smallest absolute Gasteiger partial charge is 0.332 e. The Kier molecular flexibility index (Phi) is 2.75. The van der Waals surface area contributed by atoms with Crippen molar-refractivity contribution in [3.63, 3.8) is 0 Å². The predicted molar refractivity (Wildman–Crippen MR) is 72.4 cm³/mol. The number of ether oxygens (including phenoxy) is 1. The van der Waals surface area contributed by atoms with Gasteiger partial charge in [0.05, 0.1) is 11.0 Å². The maximum atomic E-state index is 13.4. The van der Waals surface area contributed by atoms with Crippen molar-refractivity contribution in [3.8, 4) is 0 Å². The van der Waals surface area contributed by atoms with Gasteiger partial charge in [-0.1, -0.05) is 0 Å². The molecular formula is C15H15FN2O3. The van der Waals surface area contributed by atoms with E-state index in [9.17, 15) is 9.18 Å². The fourth-order valence-corrected chi connectivity index (χ4v) is 3.04. The summed E-state index contributed by atoms with van der Waals surface area (Å²) < 4.78 is 21.1. The van der Waals surface area contributed by atoms with Crippen LogP contribution in [0.2, 0.25) is 0 Å². The molecule has 2 aromatic rings. The van der Waals surface area contributed by atoms with Crippen LogP contribution in [0.1, 0.15) is 43.7 Å². The minimum Gasteiger partial charge on any atom is -0.479 e. The molecule has 2 unspecified atom stereocenters. The van der Waals surface area contributed by atoms with Crippen molar-refractivity contribution in [1.29, 1.82) is 0 Å². The third-order valence-corrected chi connectivity index (χ3v) is 4.17.